The highest BCUT2D eigenvalue weighted by Gasteiger charge is 2.47. The highest BCUT2D eigenvalue weighted by molar-refractivity contribution is 5.93. The largest absolute Gasteiger partial charge is 0.481 e. The molecular formula is C65H87N5O8. The molecule has 8 atom stereocenters. The van der Waals surface area contributed by atoms with Crippen molar-refractivity contribution in [1.82, 2.24) is 19.6 Å². The number of carbonyl (C=O) groups is 6. The summed E-state index contributed by atoms with van der Waals surface area (Å²) in [6.45, 7) is 14.4. The van der Waals surface area contributed by atoms with Gasteiger partial charge in [0.05, 0.1) is 24.2 Å². The first-order chi connectivity index (χ1) is 37.3. The van der Waals surface area contributed by atoms with Crippen LogP contribution in [-0.2, 0) is 59.2 Å². The van der Waals surface area contributed by atoms with Crippen LogP contribution in [0.25, 0.3) is 0 Å². The fourth-order valence-corrected chi connectivity index (χ4v) is 12.2. The Morgan fingerprint density at radius 3 is 1.46 bits per heavy atom. The second kappa shape index (κ2) is 28.2. The molecule has 2 unspecified atom stereocenters. The summed E-state index contributed by atoms with van der Waals surface area (Å²) in [5.41, 5.74) is 12.8. The number of nitrogens with two attached hydrogens (primary N) is 1. The van der Waals surface area contributed by atoms with E-state index < -0.39 is 23.7 Å². The van der Waals surface area contributed by atoms with Gasteiger partial charge in [-0.25, -0.2) is 0 Å². The molecule has 0 bridgehead atoms. The maximum atomic E-state index is 14.1. The number of rotatable bonds is 22. The number of carboxylic acids is 1. The zero-order chi connectivity index (χ0) is 55.9. The van der Waals surface area contributed by atoms with Gasteiger partial charge in [0, 0.05) is 70.0 Å². The second-order valence-corrected chi connectivity index (χ2v) is 23.8. The molecule has 13 nitrogen and oxygen atoms in total. The van der Waals surface area contributed by atoms with Crippen molar-refractivity contribution in [3.8, 4) is 0 Å². The number of carbonyl (C=O) groups excluding carboxylic acids is 5. The molecule has 4 aliphatic rings. The summed E-state index contributed by atoms with van der Waals surface area (Å²) in [5, 5.41) is 9.36. The zero-order valence-corrected chi connectivity index (χ0v) is 47.3. The van der Waals surface area contributed by atoms with Crippen LogP contribution in [0.4, 0.5) is 0 Å². The summed E-state index contributed by atoms with van der Waals surface area (Å²) in [5.74, 6) is -0.907. The minimum absolute atomic E-state index is 0.0304. The molecule has 4 heterocycles. The van der Waals surface area contributed by atoms with Gasteiger partial charge in [0.2, 0.25) is 11.8 Å². The third kappa shape index (κ3) is 17.2. The quantitative estimate of drug-likeness (QED) is 0.0719. The van der Waals surface area contributed by atoms with Crippen molar-refractivity contribution in [2.24, 2.45) is 11.7 Å². The number of hydrogen-bond donors (Lipinski definition) is 2. The Bertz CT molecular complexity index is 2600. The second-order valence-electron chi connectivity index (χ2n) is 23.8. The standard InChI is InChI=1S/C35H48N2O4.C30H39N3O4/c1-25-11-13-28(14-12-25)16-19-32(38)30(18-20-33(39)41-35(3,4)5)36-22-21-29(17-15-27-9-7-6-8-10-27)37-24-26(2)23-31(37)34(36)40;1-21-7-9-23(10-8-21)12-15-28(34)26(14-16-29(35)36)32-18-17-25(13-11-22-5-3-2-4-6-22)33-20-24(31)19-27(33)30(32)37/h6-14,26,29-31H,15-24H2,1-5H3;2-10,24-27H,11-20,31H2,1H3,(H,35,36)/t26-,29?,30-,31+;24-,25?,26-,27+/m11/s1. The molecule has 0 saturated carbocycles. The fourth-order valence-electron chi connectivity index (χ4n) is 12.2. The first-order valence-corrected chi connectivity index (χ1v) is 28.9. The van der Waals surface area contributed by atoms with Crippen molar-refractivity contribution < 1.29 is 38.6 Å². The van der Waals surface area contributed by atoms with Gasteiger partial charge < -0.3 is 25.4 Å². The van der Waals surface area contributed by atoms with E-state index in [0.717, 1.165) is 68.2 Å². The van der Waals surface area contributed by atoms with Gasteiger partial charge in [0.25, 0.3) is 0 Å². The van der Waals surface area contributed by atoms with Crippen molar-refractivity contribution in [3.63, 3.8) is 0 Å². The minimum atomic E-state index is -0.955. The summed E-state index contributed by atoms with van der Waals surface area (Å²) in [6.07, 6.45) is 8.96. The molecular weight excluding hydrogens is 979 g/mol. The van der Waals surface area contributed by atoms with Crippen LogP contribution in [0.5, 0.6) is 0 Å². The topological polar surface area (TPSA) is 171 Å². The van der Waals surface area contributed by atoms with Crippen LogP contribution in [0.2, 0.25) is 0 Å². The Kier molecular flexibility index (Phi) is 21.6. The van der Waals surface area contributed by atoms with Gasteiger partial charge >= 0.3 is 11.9 Å². The number of aryl methyl sites for hydroxylation is 6. The first-order valence-electron chi connectivity index (χ1n) is 28.9. The number of aliphatic carboxylic acids is 1. The molecule has 4 aliphatic heterocycles. The molecule has 4 fully saturated rings. The van der Waals surface area contributed by atoms with E-state index >= 15 is 0 Å². The summed E-state index contributed by atoms with van der Waals surface area (Å²) >= 11 is 0. The number of Topliss-reactive ketones (excluding diaryl/α,β-unsaturated/α-hetero) is 2. The van der Waals surface area contributed by atoms with Crippen molar-refractivity contribution in [1.29, 1.82) is 0 Å². The molecule has 4 saturated heterocycles. The van der Waals surface area contributed by atoms with Crippen molar-refractivity contribution in [2.45, 2.75) is 192 Å². The number of benzene rings is 4. The average Bonchev–Trinajstić information content (AvgIpc) is 4.02. The fraction of sp³-hybridized carbons (Fsp3) is 0.538. The molecule has 8 rings (SSSR count). The molecule has 2 amide bonds. The van der Waals surface area contributed by atoms with Gasteiger partial charge in [0.15, 0.2) is 11.6 Å². The Labute approximate surface area is 464 Å². The molecule has 13 heteroatoms. The molecule has 3 N–H and O–H groups in total. The number of hydrogen-bond acceptors (Lipinski definition) is 10. The van der Waals surface area contributed by atoms with Crippen LogP contribution in [0.15, 0.2) is 109 Å². The van der Waals surface area contributed by atoms with Crippen LogP contribution in [0.3, 0.4) is 0 Å². The van der Waals surface area contributed by atoms with E-state index in [1.807, 2.05) is 88.0 Å². The van der Waals surface area contributed by atoms with Crippen molar-refractivity contribution >= 4 is 35.3 Å². The smallest absolute Gasteiger partial charge is 0.306 e. The lowest BCUT2D eigenvalue weighted by molar-refractivity contribution is -0.156. The van der Waals surface area contributed by atoms with Crippen LogP contribution >= 0.6 is 0 Å². The third-order valence-corrected chi connectivity index (χ3v) is 16.3. The predicted octanol–water partition coefficient (Wildman–Crippen LogP) is 9.30. The highest BCUT2D eigenvalue weighted by atomic mass is 16.6. The molecule has 0 aliphatic carbocycles. The summed E-state index contributed by atoms with van der Waals surface area (Å²) in [6, 6.07) is 35.7. The van der Waals surface area contributed by atoms with E-state index in [1.54, 1.807) is 4.90 Å². The van der Waals surface area contributed by atoms with Crippen molar-refractivity contribution in [3.05, 3.63) is 143 Å². The van der Waals surface area contributed by atoms with Crippen LogP contribution in [0.1, 0.15) is 138 Å². The Hall–Kier alpha value is -6.02. The molecule has 420 valence electrons. The number of esters is 1. The first kappa shape index (κ1) is 59.6. The highest BCUT2D eigenvalue weighted by Crippen LogP contribution is 2.35. The van der Waals surface area contributed by atoms with Gasteiger partial charge in [-0.1, -0.05) is 127 Å². The van der Waals surface area contributed by atoms with E-state index in [0.29, 0.717) is 57.7 Å². The molecule has 0 aromatic heterocycles. The zero-order valence-electron chi connectivity index (χ0n) is 47.3. The van der Waals surface area contributed by atoms with Gasteiger partial charge in [0.1, 0.15) is 5.60 Å². The predicted molar refractivity (Wildman–Crippen MR) is 306 cm³/mol. The van der Waals surface area contributed by atoms with Gasteiger partial charge in [-0.15, -0.1) is 0 Å². The van der Waals surface area contributed by atoms with E-state index in [4.69, 9.17) is 10.5 Å². The monoisotopic (exact) mass is 1070 g/mol. The lowest BCUT2D eigenvalue weighted by atomic mass is 9.96. The SMILES string of the molecule is Cc1ccc(CCC(=O)[C@@H](CCC(=O)O)N2CCC(CCc3ccccc3)N3C[C@H](N)C[C@H]3C2=O)cc1.Cc1ccc(CCC(=O)[C@@H](CCC(=O)OC(C)(C)C)N2CCC(CCc3ccccc3)N3C[C@H](C)C[C@H]3C2=O)cc1. The van der Waals surface area contributed by atoms with E-state index in [2.05, 4.69) is 77.4 Å². The van der Waals surface area contributed by atoms with Gasteiger partial charge in [-0.05, 0) is 140 Å². The average molecular weight is 1070 g/mol. The van der Waals surface area contributed by atoms with Gasteiger partial charge in [-0.2, -0.15) is 0 Å². The van der Waals surface area contributed by atoms with E-state index in [-0.39, 0.29) is 85.2 Å². The van der Waals surface area contributed by atoms with Gasteiger partial charge in [-0.3, -0.25) is 38.6 Å². The minimum Gasteiger partial charge on any atom is -0.481 e. The Morgan fingerprint density at radius 1 is 0.590 bits per heavy atom. The molecule has 4 aromatic rings. The Morgan fingerprint density at radius 2 is 1.01 bits per heavy atom. The number of ketones is 2. The lowest BCUT2D eigenvalue weighted by Gasteiger charge is -2.32. The lowest BCUT2D eigenvalue weighted by Crippen LogP contribution is -2.50. The number of carboxylic acid groups (broad SMARTS) is 1. The summed E-state index contributed by atoms with van der Waals surface area (Å²) in [7, 11) is 0. The van der Waals surface area contributed by atoms with Crippen molar-refractivity contribution in [2.75, 3.05) is 26.2 Å². The molecule has 4 aromatic carbocycles. The molecule has 78 heavy (non-hydrogen) atoms. The third-order valence-electron chi connectivity index (χ3n) is 16.3. The van der Waals surface area contributed by atoms with Crippen LogP contribution in [0, 0.1) is 19.8 Å². The maximum absolute atomic E-state index is 14.1. The number of nitrogens with zero attached hydrogens (tertiary/aromatic N) is 4. The number of amides is 2. The Balaban J connectivity index is 0.000000227. The summed E-state index contributed by atoms with van der Waals surface area (Å²) < 4.78 is 5.56. The normalized spacial score (nSPS) is 22.6. The molecule has 0 spiro atoms. The van der Waals surface area contributed by atoms with Crippen LogP contribution < -0.4 is 5.73 Å². The number of ether oxygens (including phenoxy) is 1. The van der Waals surface area contributed by atoms with E-state index in [9.17, 15) is 33.9 Å². The maximum Gasteiger partial charge on any atom is 0.306 e. The van der Waals surface area contributed by atoms with Crippen LogP contribution in [-0.4, -0.2) is 134 Å². The van der Waals surface area contributed by atoms with E-state index in [1.165, 1.54) is 16.7 Å². The molecule has 0 radical (unpaired) electrons. The summed E-state index contributed by atoms with van der Waals surface area (Å²) in [4.78, 5) is 87.6. The number of fused-ring (bicyclic) bond motifs is 2.